The molecule has 5 nitrogen and oxygen atoms in total. The number of para-hydroxylation sites is 1. The lowest BCUT2D eigenvalue weighted by Crippen LogP contribution is -2.17. The fourth-order valence-electron chi connectivity index (χ4n) is 1.85. The Labute approximate surface area is 112 Å². The van der Waals surface area contributed by atoms with E-state index in [-0.39, 0.29) is 5.91 Å². The van der Waals surface area contributed by atoms with Crippen molar-refractivity contribution in [3.05, 3.63) is 48.3 Å². The van der Waals surface area contributed by atoms with Crippen molar-refractivity contribution in [2.24, 2.45) is 0 Å². The Balaban J connectivity index is 1.91. The second-order valence-corrected chi connectivity index (χ2v) is 4.25. The zero-order valence-electron chi connectivity index (χ0n) is 11.0. The van der Waals surface area contributed by atoms with E-state index in [0.29, 0.717) is 13.0 Å². The summed E-state index contributed by atoms with van der Waals surface area (Å²) in [6, 6.07) is 9.65. The maximum Gasteiger partial charge on any atom is 0.226 e. The molecular weight excluding hydrogens is 240 g/mol. The van der Waals surface area contributed by atoms with Gasteiger partial charge in [0.25, 0.3) is 0 Å². The number of carbonyl (C=O) groups is 1. The third-order valence-electron chi connectivity index (χ3n) is 2.79. The summed E-state index contributed by atoms with van der Waals surface area (Å²) >= 11 is 0. The van der Waals surface area contributed by atoms with Crippen molar-refractivity contribution in [2.45, 2.75) is 19.5 Å². The van der Waals surface area contributed by atoms with Gasteiger partial charge in [-0.1, -0.05) is 18.2 Å². The number of hydrogen-bond acceptors (Lipinski definition) is 3. The van der Waals surface area contributed by atoms with Gasteiger partial charge < -0.3 is 10.6 Å². The minimum atomic E-state index is -0.000877. The zero-order chi connectivity index (χ0) is 13.5. The lowest BCUT2D eigenvalue weighted by atomic mass is 10.1. The maximum atomic E-state index is 11.9. The van der Waals surface area contributed by atoms with Crippen LogP contribution >= 0.6 is 0 Å². The first-order valence-electron chi connectivity index (χ1n) is 6.29. The minimum Gasteiger partial charge on any atom is -0.326 e. The van der Waals surface area contributed by atoms with Crippen LogP contribution in [0.2, 0.25) is 0 Å². The van der Waals surface area contributed by atoms with E-state index in [2.05, 4.69) is 15.7 Å². The molecule has 1 amide bonds. The predicted octanol–water partition coefficient (Wildman–Crippen LogP) is 1.63. The second kappa shape index (κ2) is 6.70. The summed E-state index contributed by atoms with van der Waals surface area (Å²) in [6.45, 7) is 1.32. The van der Waals surface area contributed by atoms with Gasteiger partial charge in [0.2, 0.25) is 5.91 Å². The Kier molecular flexibility index (Phi) is 4.69. The van der Waals surface area contributed by atoms with Crippen molar-refractivity contribution in [3.8, 4) is 0 Å². The van der Waals surface area contributed by atoms with Gasteiger partial charge in [-0.05, 0) is 24.7 Å². The number of carbonyl (C=O) groups excluding carboxylic acids is 1. The molecule has 0 saturated heterocycles. The van der Waals surface area contributed by atoms with Gasteiger partial charge in [0.1, 0.15) is 0 Å². The molecule has 2 aromatic rings. The molecule has 0 atom stereocenters. The van der Waals surface area contributed by atoms with Crippen LogP contribution in [0, 0.1) is 0 Å². The van der Waals surface area contributed by atoms with Crippen LogP contribution in [0.3, 0.4) is 0 Å². The molecule has 19 heavy (non-hydrogen) atoms. The summed E-state index contributed by atoms with van der Waals surface area (Å²) in [5, 5.41) is 10.1. The quantitative estimate of drug-likeness (QED) is 0.828. The van der Waals surface area contributed by atoms with Gasteiger partial charge in [0, 0.05) is 37.6 Å². The highest BCUT2D eigenvalue weighted by molar-refractivity contribution is 5.91. The molecule has 0 aliphatic carbocycles. The van der Waals surface area contributed by atoms with Crippen LogP contribution in [0.4, 0.5) is 5.69 Å². The standard InChI is InChI=1S/C14H18N4O/c1-15-11-12-5-2-3-6-13(12)17-14(19)7-10-18-9-4-8-16-18/h2-6,8-9,15H,7,10-11H2,1H3,(H,17,19). The number of anilines is 1. The minimum absolute atomic E-state index is 0.000877. The van der Waals surface area contributed by atoms with Crippen LogP contribution in [0.15, 0.2) is 42.7 Å². The molecule has 0 radical (unpaired) electrons. The lowest BCUT2D eigenvalue weighted by Gasteiger charge is -2.10. The molecule has 0 fully saturated rings. The van der Waals surface area contributed by atoms with E-state index in [0.717, 1.165) is 17.8 Å². The molecule has 0 spiro atoms. The first kappa shape index (κ1) is 13.3. The first-order valence-corrected chi connectivity index (χ1v) is 6.29. The molecule has 1 aromatic carbocycles. The molecule has 100 valence electrons. The van der Waals surface area contributed by atoms with E-state index >= 15 is 0 Å². The van der Waals surface area contributed by atoms with Gasteiger partial charge in [-0.25, -0.2) is 0 Å². The molecule has 1 heterocycles. The Hall–Kier alpha value is -2.14. The monoisotopic (exact) mass is 258 g/mol. The third-order valence-corrected chi connectivity index (χ3v) is 2.79. The van der Waals surface area contributed by atoms with Crippen LogP contribution in [0.1, 0.15) is 12.0 Å². The summed E-state index contributed by atoms with van der Waals surface area (Å²) in [5.74, 6) is -0.000877. The Morgan fingerprint density at radius 2 is 2.16 bits per heavy atom. The summed E-state index contributed by atoms with van der Waals surface area (Å²) in [5.41, 5.74) is 1.94. The number of benzene rings is 1. The highest BCUT2D eigenvalue weighted by atomic mass is 16.1. The fourth-order valence-corrected chi connectivity index (χ4v) is 1.85. The van der Waals surface area contributed by atoms with E-state index in [4.69, 9.17) is 0 Å². The molecule has 5 heteroatoms. The average molecular weight is 258 g/mol. The predicted molar refractivity (Wildman–Crippen MR) is 74.7 cm³/mol. The Morgan fingerprint density at radius 1 is 1.32 bits per heavy atom. The van der Waals surface area contributed by atoms with E-state index < -0.39 is 0 Å². The molecule has 0 bridgehead atoms. The zero-order valence-corrected chi connectivity index (χ0v) is 11.0. The smallest absolute Gasteiger partial charge is 0.226 e. The van der Waals surface area contributed by atoms with Gasteiger partial charge in [-0.3, -0.25) is 9.48 Å². The second-order valence-electron chi connectivity index (χ2n) is 4.25. The summed E-state index contributed by atoms with van der Waals surface area (Å²) in [4.78, 5) is 11.9. The van der Waals surface area contributed by atoms with Crippen molar-refractivity contribution in [1.29, 1.82) is 0 Å². The maximum absolute atomic E-state index is 11.9. The normalized spacial score (nSPS) is 10.4. The van der Waals surface area contributed by atoms with Gasteiger partial charge in [0.05, 0.1) is 0 Å². The Bertz CT molecular complexity index is 522. The molecular formula is C14H18N4O. The number of rotatable bonds is 6. The highest BCUT2D eigenvalue weighted by Gasteiger charge is 2.06. The number of aromatic nitrogens is 2. The first-order chi connectivity index (χ1) is 9.29. The SMILES string of the molecule is CNCc1ccccc1NC(=O)CCn1cccn1. The van der Waals surface area contributed by atoms with Crippen molar-refractivity contribution in [3.63, 3.8) is 0 Å². The largest absolute Gasteiger partial charge is 0.326 e. The van der Waals surface area contributed by atoms with Crippen molar-refractivity contribution < 1.29 is 4.79 Å². The fraction of sp³-hybridized carbons (Fsp3) is 0.286. The van der Waals surface area contributed by atoms with Gasteiger partial charge in [-0.15, -0.1) is 0 Å². The molecule has 0 aliphatic rings. The van der Waals surface area contributed by atoms with Crippen LogP contribution in [0.25, 0.3) is 0 Å². The van der Waals surface area contributed by atoms with Crippen LogP contribution in [0.5, 0.6) is 0 Å². The molecule has 0 aliphatic heterocycles. The van der Waals surface area contributed by atoms with Gasteiger partial charge >= 0.3 is 0 Å². The van der Waals surface area contributed by atoms with E-state index in [9.17, 15) is 4.79 Å². The Morgan fingerprint density at radius 3 is 2.89 bits per heavy atom. The van der Waals surface area contributed by atoms with Crippen LogP contribution in [-0.2, 0) is 17.9 Å². The summed E-state index contributed by atoms with van der Waals surface area (Å²) in [6.07, 6.45) is 3.97. The number of nitrogens with zero attached hydrogens (tertiary/aromatic N) is 2. The van der Waals surface area contributed by atoms with E-state index in [1.807, 2.05) is 43.6 Å². The van der Waals surface area contributed by atoms with E-state index in [1.54, 1.807) is 10.9 Å². The number of nitrogens with one attached hydrogen (secondary N) is 2. The molecule has 0 unspecified atom stereocenters. The van der Waals surface area contributed by atoms with Crippen molar-refractivity contribution in [1.82, 2.24) is 15.1 Å². The van der Waals surface area contributed by atoms with E-state index in [1.165, 1.54) is 0 Å². The molecule has 1 aromatic heterocycles. The summed E-state index contributed by atoms with van der Waals surface area (Å²) < 4.78 is 1.75. The van der Waals surface area contributed by atoms with Crippen molar-refractivity contribution in [2.75, 3.05) is 12.4 Å². The number of hydrogen-bond donors (Lipinski definition) is 2. The van der Waals surface area contributed by atoms with Crippen molar-refractivity contribution >= 4 is 11.6 Å². The third kappa shape index (κ3) is 3.93. The lowest BCUT2D eigenvalue weighted by molar-refractivity contribution is -0.116. The topological polar surface area (TPSA) is 58.9 Å². The molecule has 2 rings (SSSR count). The molecule has 2 N–H and O–H groups in total. The van der Waals surface area contributed by atoms with Gasteiger partial charge in [0.15, 0.2) is 0 Å². The van der Waals surface area contributed by atoms with Crippen LogP contribution in [-0.4, -0.2) is 22.7 Å². The number of aryl methyl sites for hydroxylation is 1. The molecule has 0 saturated carbocycles. The summed E-state index contributed by atoms with van der Waals surface area (Å²) in [7, 11) is 1.89. The van der Waals surface area contributed by atoms with Crippen LogP contribution < -0.4 is 10.6 Å². The van der Waals surface area contributed by atoms with Gasteiger partial charge in [-0.2, -0.15) is 5.10 Å². The number of amides is 1. The highest BCUT2D eigenvalue weighted by Crippen LogP contribution is 2.14. The average Bonchev–Trinajstić information content (AvgIpc) is 2.92.